The Balaban J connectivity index is 2.36. The number of nitrogens with zero attached hydrogens (tertiary/aromatic N) is 1. The fraction of sp³-hybridized carbons (Fsp3) is 0.938. The third-order valence-corrected chi connectivity index (χ3v) is 5.21. The van der Waals surface area contributed by atoms with Gasteiger partial charge in [-0.15, -0.1) is 0 Å². The van der Waals surface area contributed by atoms with Gasteiger partial charge in [0, 0.05) is 0 Å². The van der Waals surface area contributed by atoms with Crippen molar-refractivity contribution in [3.63, 3.8) is 0 Å². The van der Waals surface area contributed by atoms with Crippen molar-refractivity contribution in [1.29, 1.82) is 0 Å². The minimum Gasteiger partial charge on any atom is -0.480 e. The molecule has 0 bridgehead atoms. The Kier molecular flexibility index (Phi) is 4.24. The summed E-state index contributed by atoms with van der Waals surface area (Å²) in [6, 6.07) is 0. The van der Waals surface area contributed by atoms with Crippen molar-refractivity contribution in [2.75, 3.05) is 13.1 Å². The summed E-state index contributed by atoms with van der Waals surface area (Å²) in [7, 11) is 0. The van der Waals surface area contributed by atoms with Gasteiger partial charge in [0.2, 0.25) is 0 Å². The van der Waals surface area contributed by atoms with Gasteiger partial charge in [-0.25, -0.2) is 0 Å². The van der Waals surface area contributed by atoms with Crippen LogP contribution in [0.15, 0.2) is 0 Å². The number of hydrogen-bond donors (Lipinski definition) is 1. The molecule has 2 unspecified atom stereocenters. The Hall–Kier alpha value is -0.570. The fourth-order valence-electron chi connectivity index (χ4n) is 4.37. The van der Waals surface area contributed by atoms with Gasteiger partial charge in [-0.05, 0) is 50.1 Å². The van der Waals surface area contributed by atoms with E-state index >= 15 is 0 Å². The molecule has 1 saturated carbocycles. The first kappa shape index (κ1) is 14.8. The molecule has 0 aromatic rings. The summed E-state index contributed by atoms with van der Waals surface area (Å²) in [6.07, 6.45) is 7.72. The van der Waals surface area contributed by atoms with Gasteiger partial charge in [0.15, 0.2) is 0 Å². The molecular weight excluding hydrogens is 238 g/mol. The molecule has 0 radical (unpaired) electrons. The van der Waals surface area contributed by atoms with E-state index in [4.69, 9.17) is 0 Å². The largest absolute Gasteiger partial charge is 0.480 e. The summed E-state index contributed by atoms with van der Waals surface area (Å²) >= 11 is 0. The third kappa shape index (κ3) is 2.67. The van der Waals surface area contributed by atoms with Crippen molar-refractivity contribution >= 4 is 5.97 Å². The summed E-state index contributed by atoms with van der Waals surface area (Å²) in [5.74, 6) is -0.307. The zero-order chi connectivity index (χ0) is 14.1. The highest BCUT2D eigenvalue weighted by molar-refractivity contribution is 5.79. The number of hydrogen-bond acceptors (Lipinski definition) is 2. The molecule has 0 aromatic carbocycles. The number of likely N-dealkylation sites (tertiary alicyclic amines) is 1. The van der Waals surface area contributed by atoms with Crippen LogP contribution in [-0.2, 0) is 4.79 Å². The lowest BCUT2D eigenvalue weighted by Gasteiger charge is -2.53. The van der Waals surface area contributed by atoms with E-state index in [1.165, 1.54) is 12.8 Å². The van der Waals surface area contributed by atoms with Crippen molar-refractivity contribution in [2.24, 2.45) is 11.3 Å². The van der Waals surface area contributed by atoms with Crippen LogP contribution in [0.2, 0.25) is 0 Å². The van der Waals surface area contributed by atoms with E-state index < -0.39 is 11.5 Å². The van der Waals surface area contributed by atoms with Crippen LogP contribution < -0.4 is 0 Å². The van der Waals surface area contributed by atoms with E-state index in [2.05, 4.69) is 25.7 Å². The van der Waals surface area contributed by atoms with E-state index in [9.17, 15) is 9.90 Å². The highest BCUT2D eigenvalue weighted by Crippen LogP contribution is 2.48. The predicted molar refractivity (Wildman–Crippen MR) is 77.2 cm³/mol. The lowest BCUT2D eigenvalue weighted by molar-refractivity contribution is -0.165. The Labute approximate surface area is 117 Å². The van der Waals surface area contributed by atoms with E-state index in [0.717, 1.165) is 45.2 Å². The smallest absolute Gasteiger partial charge is 0.324 e. The van der Waals surface area contributed by atoms with Crippen LogP contribution in [0, 0.1) is 11.3 Å². The molecule has 2 atom stereocenters. The van der Waals surface area contributed by atoms with Gasteiger partial charge in [-0.1, -0.05) is 40.0 Å². The topological polar surface area (TPSA) is 40.5 Å². The summed E-state index contributed by atoms with van der Waals surface area (Å²) in [6.45, 7) is 8.58. The van der Waals surface area contributed by atoms with Crippen molar-refractivity contribution < 1.29 is 9.90 Å². The Morgan fingerprint density at radius 2 is 1.74 bits per heavy atom. The SMILES string of the molecule is CC(C)(C)C1CCCCC1(C(=O)O)N1CCCCC1. The Bertz CT molecular complexity index is 328. The maximum absolute atomic E-state index is 12.2. The first-order valence-corrected chi connectivity index (χ1v) is 7.87. The van der Waals surface area contributed by atoms with Crippen molar-refractivity contribution in [1.82, 2.24) is 4.90 Å². The van der Waals surface area contributed by atoms with E-state index in [0.29, 0.717) is 0 Å². The molecule has 0 spiro atoms. The average Bonchev–Trinajstić information content (AvgIpc) is 2.38. The normalized spacial score (nSPS) is 34.2. The molecule has 1 saturated heterocycles. The Morgan fingerprint density at radius 1 is 1.11 bits per heavy atom. The molecule has 1 heterocycles. The van der Waals surface area contributed by atoms with E-state index in [-0.39, 0.29) is 11.3 Å². The molecule has 19 heavy (non-hydrogen) atoms. The monoisotopic (exact) mass is 267 g/mol. The number of aliphatic carboxylic acids is 1. The summed E-state index contributed by atoms with van der Waals surface area (Å²) < 4.78 is 0. The molecule has 2 fully saturated rings. The molecule has 1 aliphatic heterocycles. The van der Waals surface area contributed by atoms with Gasteiger partial charge in [0.05, 0.1) is 0 Å². The number of carbonyl (C=O) groups is 1. The minimum atomic E-state index is -0.600. The number of carboxylic acids is 1. The van der Waals surface area contributed by atoms with Crippen LogP contribution >= 0.6 is 0 Å². The molecule has 110 valence electrons. The highest BCUT2D eigenvalue weighted by Gasteiger charge is 2.55. The van der Waals surface area contributed by atoms with Crippen LogP contribution in [0.4, 0.5) is 0 Å². The molecule has 1 aliphatic carbocycles. The summed E-state index contributed by atoms with van der Waals surface area (Å²) in [4.78, 5) is 14.5. The first-order valence-electron chi connectivity index (χ1n) is 7.87. The van der Waals surface area contributed by atoms with Crippen molar-refractivity contribution in [3.8, 4) is 0 Å². The average molecular weight is 267 g/mol. The molecule has 2 aliphatic rings. The summed E-state index contributed by atoms with van der Waals surface area (Å²) in [5.41, 5.74) is -0.535. The van der Waals surface area contributed by atoms with Crippen molar-refractivity contribution in [3.05, 3.63) is 0 Å². The van der Waals surface area contributed by atoms with E-state index in [1.807, 2.05) is 0 Å². The van der Waals surface area contributed by atoms with Gasteiger partial charge in [-0.3, -0.25) is 9.69 Å². The lowest BCUT2D eigenvalue weighted by Crippen LogP contribution is -2.64. The lowest BCUT2D eigenvalue weighted by atomic mass is 9.61. The maximum atomic E-state index is 12.2. The number of rotatable bonds is 2. The molecular formula is C16H29NO2. The second-order valence-electron chi connectivity index (χ2n) is 7.44. The first-order chi connectivity index (χ1) is 8.89. The zero-order valence-corrected chi connectivity index (χ0v) is 12.7. The minimum absolute atomic E-state index is 0.0657. The van der Waals surface area contributed by atoms with Gasteiger partial charge < -0.3 is 5.11 Å². The number of carboxylic acid groups (broad SMARTS) is 1. The van der Waals surface area contributed by atoms with Crippen LogP contribution in [0.25, 0.3) is 0 Å². The predicted octanol–water partition coefficient (Wildman–Crippen LogP) is 3.53. The Morgan fingerprint density at radius 3 is 2.26 bits per heavy atom. The second kappa shape index (κ2) is 5.43. The number of piperidine rings is 1. The molecule has 0 amide bonds. The standard InChI is InChI=1S/C16H29NO2/c1-15(2,3)13-9-5-6-10-16(13,14(18)19)17-11-7-4-8-12-17/h13H,4-12H2,1-3H3,(H,18,19). The van der Waals surface area contributed by atoms with Crippen LogP contribution in [0.3, 0.4) is 0 Å². The third-order valence-electron chi connectivity index (χ3n) is 5.21. The zero-order valence-electron chi connectivity index (χ0n) is 12.7. The fourth-order valence-corrected chi connectivity index (χ4v) is 4.37. The van der Waals surface area contributed by atoms with Crippen LogP contribution in [-0.4, -0.2) is 34.6 Å². The molecule has 3 heteroatoms. The van der Waals surface area contributed by atoms with Gasteiger partial charge in [-0.2, -0.15) is 0 Å². The van der Waals surface area contributed by atoms with Crippen molar-refractivity contribution in [2.45, 2.75) is 71.3 Å². The summed E-state index contributed by atoms with van der Waals surface area (Å²) in [5, 5.41) is 10.0. The molecule has 2 rings (SSSR count). The maximum Gasteiger partial charge on any atom is 0.324 e. The van der Waals surface area contributed by atoms with E-state index in [1.54, 1.807) is 0 Å². The molecule has 3 nitrogen and oxygen atoms in total. The molecule has 0 aromatic heterocycles. The van der Waals surface area contributed by atoms with Gasteiger partial charge in [0.1, 0.15) is 5.54 Å². The second-order valence-corrected chi connectivity index (χ2v) is 7.44. The van der Waals surface area contributed by atoms with Gasteiger partial charge >= 0.3 is 5.97 Å². The van der Waals surface area contributed by atoms with Crippen LogP contribution in [0.1, 0.15) is 65.7 Å². The molecule has 1 N–H and O–H groups in total. The quantitative estimate of drug-likeness (QED) is 0.832. The highest BCUT2D eigenvalue weighted by atomic mass is 16.4. The van der Waals surface area contributed by atoms with Gasteiger partial charge in [0.25, 0.3) is 0 Å². The van der Waals surface area contributed by atoms with Crippen LogP contribution in [0.5, 0.6) is 0 Å².